The fourth-order valence-corrected chi connectivity index (χ4v) is 2.81. The van der Waals surface area contributed by atoms with E-state index in [0.717, 1.165) is 12.1 Å². The van der Waals surface area contributed by atoms with Crippen LogP contribution in [0.15, 0.2) is 72.8 Å². The number of ether oxygens (including phenoxy) is 1. The highest BCUT2D eigenvalue weighted by Crippen LogP contribution is 2.30. The van der Waals surface area contributed by atoms with E-state index in [4.69, 9.17) is 4.74 Å². The number of halogens is 3. The van der Waals surface area contributed by atoms with Crippen LogP contribution in [-0.2, 0) is 11.0 Å². The molecule has 6 nitrogen and oxygen atoms in total. The number of anilines is 3. The van der Waals surface area contributed by atoms with Crippen LogP contribution in [0.25, 0.3) is 0 Å². The van der Waals surface area contributed by atoms with E-state index in [1.165, 1.54) is 24.3 Å². The molecule has 0 bridgehead atoms. The van der Waals surface area contributed by atoms with Crippen molar-refractivity contribution in [2.75, 3.05) is 29.6 Å². The summed E-state index contributed by atoms with van der Waals surface area (Å²) in [6.07, 6.45) is -4.50. The van der Waals surface area contributed by atoms with Gasteiger partial charge in [0, 0.05) is 22.6 Å². The molecular formula is C23H20F3N3O3. The van der Waals surface area contributed by atoms with Crippen LogP contribution in [0.4, 0.5) is 30.2 Å². The molecule has 0 radical (unpaired) electrons. The second-order valence-corrected chi connectivity index (χ2v) is 6.74. The van der Waals surface area contributed by atoms with Crippen molar-refractivity contribution in [3.63, 3.8) is 0 Å². The molecule has 0 spiro atoms. The minimum absolute atomic E-state index is 0.0297. The molecule has 3 aromatic rings. The van der Waals surface area contributed by atoms with Gasteiger partial charge in [-0.05, 0) is 60.7 Å². The zero-order chi connectivity index (χ0) is 23.1. The van der Waals surface area contributed by atoms with E-state index in [9.17, 15) is 22.8 Å². The molecule has 32 heavy (non-hydrogen) atoms. The Morgan fingerprint density at radius 3 is 2.22 bits per heavy atom. The molecule has 0 fully saturated rings. The van der Waals surface area contributed by atoms with Crippen LogP contribution in [0.5, 0.6) is 5.75 Å². The number of carbonyl (C=O) groups excluding carboxylic acids is 2. The molecule has 3 rings (SSSR count). The lowest BCUT2D eigenvalue weighted by Gasteiger charge is -2.11. The Balaban J connectivity index is 1.58. The third-order valence-corrected chi connectivity index (χ3v) is 4.40. The molecule has 3 N–H and O–H groups in total. The third-order valence-electron chi connectivity index (χ3n) is 4.40. The zero-order valence-corrected chi connectivity index (χ0v) is 17.0. The largest absolute Gasteiger partial charge is 0.497 e. The van der Waals surface area contributed by atoms with Crippen LogP contribution in [-0.4, -0.2) is 25.5 Å². The minimum atomic E-state index is -4.50. The van der Waals surface area contributed by atoms with Crippen molar-refractivity contribution in [3.8, 4) is 5.75 Å². The average Bonchev–Trinajstić information content (AvgIpc) is 2.78. The first kappa shape index (κ1) is 22.7. The highest BCUT2D eigenvalue weighted by molar-refractivity contribution is 6.05. The third kappa shape index (κ3) is 6.24. The average molecular weight is 443 g/mol. The fraction of sp³-hybridized carbons (Fsp3) is 0.130. The predicted octanol–water partition coefficient (Wildman–Crippen LogP) is 5.02. The van der Waals surface area contributed by atoms with Crippen LogP contribution in [0, 0.1) is 0 Å². The first-order valence-electron chi connectivity index (χ1n) is 9.51. The maximum absolute atomic E-state index is 12.8. The molecule has 0 saturated carbocycles. The standard InChI is InChI=1S/C23H20F3N3O3/c1-32-20-10-8-17(9-11-20)28-21(30)14-27-18-6-2-4-15(12-18)22(31)29-19-7-3-5-16(13-19)23(24,25)26/h2-13,27H,14H2,1H3,(H,28,30)(H,29,31). The first-order chi connectivity index (χ1) is 15.2. The number of hydrogen-bond acceptors (Lipinski definition) is 4. The zero-order valence-electron chi connectivity index (χ0n) is 17.0. The fourth-order valence-electron chi connectivity index (χ4n) is 2.81. The summed E-state index contributed by atoms with van der Waals surface area (Å²) in [6, 6.07) is 17.5. The van der Waals surface area contributed by atoms with Crippen LogP contribution >= 0.6 is 0 Å². The second kappa shape index (κ2) is 9.86. The smallest absolute Gasteiger partial charge is 0.416 e. The van der Waals surface area contributed by atoms with Crippen molar-refractivity contribution in [3.05, 3.63) is 83.9 Å². The van der Waals surface area contributed by atoms with Gasteiger partial charge >= 0.3 is 6.18 Å². The quantitative estimate of drug-likeness (QED) is 0.479. The van der Waals surface area contributed by atoms with Crippen LogP contribution < -0.4 is 20.7 Å². The number of benzene rings is 3. The lowest BCUT2D eigenvalue weighted by atomic mass is 10.1. The Kier molecular flexibility index (Phi) is 6.99. The number of carbonyl (C=O) groups is 2. The lowest BCUT2D eigenvalue weighted by Crippen LogP contribution is -2.22. The maximum Gasteiger partial charge on any atom is 0.416 e. The SMILES string of the molecule is COc1ccc(NC(=O)CNc2cccc(C(=O)Nc3cccc(C(F)(F)F)c3)c2)cc1. The molecule has 0 aromatic heterocycles. The van der Waals surface area contributed by atoms with Gasteiger partial charge in [0.25, 0.3) is 5.91 Å². The molecule has 0 atom stereocenters. The summed E-state index contributed by atoms with van der Waals surface area (Å²) >= 11 is 0. The molecule has 3 aromatic carbocycles. The Morgan fingerprint density at radius 2 is 1.53 bits per heavy atom. The Labute approximate surface area is 182 Å². The Hall–Kier alpha value is -4.01. The van der Waals surface area contributed by atoms with E-state index in [1.54, 1.807) is 43.5 Å². The van der Waals surface area contributed by atoms with Gasteiger partial charge in [0.2, 0.25) is 5.91 Å². The van der Waals surface area contributed by atoms with Gasteiger partial charge in [-0.15, -0.1) is 0 Å². The molecule has 0 saturated heterocycles. The van der Waals surface area contributed by atoms with E-state index in [2.05, 4.69) is 16.0 Å². The number of hydrogen-bond donors (Lipinski definition) is 3. The van der Waals surface area contributed by atoms with E-state index in [0.29, 0.717) is 17.1 Å². The monoisotopic (exact) mass is 443 g/mol. The Bertz CT molecular complexity index is 1100. The Morgan fingerprint density at radius 1 is 0.844 bits per heavy atom. The van der Waals surface area contributed by atoms with Gasteiger partial charge in [-0.1, -0.05) is 12.1 Å². The molecule has 0 unspecified atom stereocenters. The van der Waals surface area contributed by atoms with Crippen molar-refractivity contribution in [2.24, 2.45) is 0 Å². The van der Waals surface area contributed by atoms with E-state index >= 15 is 0 Å². The molecule has 0 aliphatic heterocycles. The van der Waals surface area contributed by atoms with Crippen molar-refractivity contribution >= 4 is 28.9 Å². The van der Waals surface area contributed by atoms with E-state index < -0.39 is 17.6 Å². The van der Waals surface area contributed by atoms with E-state index in [-0.39, 0.29) is 23.7 Å². The summed E-state index contributed by atoms with van der Waals surface area (Å²) in [5, 5.41) is 8.08. The number of methoxy groups -OCH3 is 1. The molecule has 0 aliphatic rings. The number of rotatable bonds is 7. The van der Waals surface area contributed by atoms with Gasteiger partial charge in [0.1, 0.15) is 5.75 Å². The molecule has 0 aliphatic carbocycles. The van der Waals surface area contributed by atoms with Gasteiger partial charge in [0.05, 0.1) is 19.2 Å². The molecular weight excluding hydrogens is 423 g/mol. The van der Waals surface area contributed by atoms with Crippen LogP contribution in [0.3, 0.4) is 0 Å². The summed E-state index contributed by atoms with van der Waals surface area (Å²) in [4.78, 5) is 24.6. The summed E-state index contributed by atoms with van der Waals surface area (Å²) in [5.41, 5.74) is 0.511. The topological polar surface area (TPSA) is 79.5 Å². The highest BCUT2D eigenvalue weighted by atomic mass is 19.4. The molecule has 2 amide bonds. The van der Waals surface area contributed by atoms with Gasteiger partial charge < -0.3 is 20.7 Å². The number of alkyl halides is 3. The lowest BCUT2D eigenvalue weighted by molar-refractivity contribution is -0.137. The second-order valence-electron chi connectivity index (χ2n) is 6.74. The maximum atomic E-state index is 12.8. The number of nitrogens with one attached hydrogen (secondary N) is 3. The van der Waals surface area contributed by atoms with Gasteiger partial charge in [-0.2, -0.15) is 13.2 Å². The number of amides is 2. The minimum Gasteiger partial charge on any atom is -0.497 e. The van der Waals surface area contributed by atoms with Gasteiger partial charge in [0.15, 0.2) is 0 Å². The summed E-state index contributed by atoms with van der Waals surface area (Å²) in [6.45, 7) is -0.0509. The molecule has 9 heteroatoms. The molecule has 166 valence electrons. The molecule has 0 heterocycles. The van der Waals surface area contributed by atoms with Crippen molar-refractivity contribution in [1.29, 1.82) is 0 Å². The predicted molar refractivity (Wildman–Crippen MR) is 116 cm³/mol. The highest BCUT2D eigenvalue weighted by Gasteiger charge is 2.30. The van der Waals surface area contributed by atoms with Crippen molar-refractivity contribution in [2.45, 2.75) is 6.18 Å². The van der Waals surface area contributed by atoms with Gasteiger partial charge in [-0.25, -0.2) is 0 Å². The van der Waals surface area contributed by atoms with Crippen molar-refractivity contribution < 1.29 is 27.5 Å². The van der Waals surface area contributed by atoms with Crippen LogP contribution in [0.1, 0.15) is 15.9 Å². The van der Waals surface area contributed by atoms with E-state index in [1.807, 2.05) is 0 Å². The summed E-state index contributed by atoms with van der Waals surface area (Å²) in [5.74, 6) is -0.203. The van der Waals surface area contributed by atoms with Crippen LogP contribution in [0.2, 0.25) is 0 Å². The summed E-state index contributed by atoms with van der Waals surface area (Å²) < 4.78 is 43.6. The van der Waals surface area contributed by atoms with Gasteiger partial charge in [-0.3, -0.25) is 9.59 Å². The first-order valence-corrected chi connectivity index (χ1v) is 9.51. The normalized spacial score (nSPS) is 10.9. The summed E-state index contributed by atoms with van der Waals surface area (Å²) in [7, 11) is 1.55. The van der Waals surface area contributed by atoms with Crippen molar-refractivity contribution in [1.82, 2.24) is 0 Å².